The minimum atomic E-state index is -0.998. The summed E-state index contributed by atoms with van der Waals surface area (Å²) in [6.45, 7) is 11.0. The van der Waals surface area contributed by atoms with E-state index in [1.807, 2.05) is 0 Å². The molecule has 10 unspecified atom stereocenters. The molecule has 4 fully saturated rings. The molecule has 3 N–H and O–H groups in total. The predicted molar refractivity (Wildman–Crippen MR) is 122 cm³/mol. The molecule has 30 heavy (non-hydrogen) atoms. The van der Waals surface area contributed by atoms with E-state index in [0.29, 0.717) is 23.2 Å². The maximum atomic E-state index is 10.3. The van der Waals surface area contributed by atoms with Gasteiger partial charge in [0.05, 0.1) is 17.8 Å². The fourth-order valence-electron chi connectivity index (χ4n) is 9.19. The fraction of sp³-hybridized carbons (Fsp3) is 1.00. The summed E-state index contributed by atoms with van der Waals surface area (Å²) in [5.74, 6) is 4.74. The van der Waals surface area contributed by atoms with Crippen molar-refractivity contribution >= 4 is 0 Å². The van der Waals surface area contributed by atoms with Gasteiger partial charge in [-0.3, -0.25) is 0 Å². The second-order valence-electron chi connectivity index (χ2n) is 13.0. The molecule has 174 valence electrons. The van der Waals surface area contributed by atoms with Crippen LogP contribution in [-0.4, -0.2) is 33.1 Å². The van der Waals surface area contributed by atoms with Crippen LogP contribution in [0, 0.1) is 46.3 Å². The van der Waals surface area contributed by atoms with E-state index in [-0.39, 0.29) is 6.10 Å². The first kappa shape index (κ1) is 23.1. The first-order chi connectivity index (χ1) is 14.0. The first-order valence-corrected chi connectivity index (χ1v) is 13.1. The Kier molecular flexibility index (Phi) is 6.17. The summed E-state index contributed by atoms with van der Waals surface area (Å²) in [6.07, 6.45) is 12.6. The molecule has 0 bridgehead atoms. The molecule has 4 saturated carbocycles. The number of rotatable bonds is 5. The lowest BCUT2D eigenvalue weighted by Crippen LogP contribution is -2.54. The van der Waals surface area contributed by atoms with Crippen LogP contribution in [0.15, 0.2) is 0 Å². The van der Waals surface area contributed by atoms with Gasteiger partial charge in [-0.2, -0.15) is 0 Å². The summed E-state index contributed by atoms with van der Waals surface area (Å²) in [4.78, 5) is 0. The lowest BCUT2D eigenvalue weighted by atomic mass is 9.44. The van der Waals surface area contributed by atoms with Crippen molar-refractivity contribution in [3.05, 3.63) is 0 Å². The third-order valence-corrected chi connectivity index (χ3v) is 11.1. The van der Waals surface area contributed by atoms with E-state index >= 15 is 0 Å². The van der Waals surface area contributed by atoms with Crippen LogP contribution in [-0.2, 0) is 0 Å². The molecule has 0 spiro atoms. The number of hydrogen-bond donors (Lipinski definition) is 3. The largest absolute Gasteiger partial charge is 0.393 e. The van der Waals surface area contributed by atoms with Gasteiger partial charge in [0, 0.05) is 0 Å². The molecule has 3 nitrogen and oxygen atoms in total. The summed E-state index contributed by atoms with van der Waals surface area (Å²) in [7, 11) is 0. The van der Waals surface area contributed by atoms with Crippen molar-refractivity contribution in [1.29, 1.82) is 0 Å². The van der Waals surface area contributed by atoms with Crippen LogP contribution >= 0.6 is 0 Å². The summed E-state index contributed by atoms with van der Waals surface area (Å²) in [5, 5.41) is 30.7. The molecular weight excluding hydrogens is 372 g/mol. The van der Waals surface area contributed by atoms with E-state index < -0.39 is 11.7 Å². The van der Waals surface area contributed by atoms with Crippen molar-refractivity contribution < 1.29 is 15.3 Å². The van der Waals surface area contributed by atoms with E-state index in [2.05, 4.69) is 20.8 Å². The molecule has 0 aromatic carbocycles. The van der Waals surface area contributed by atoms with Gasteiger partial charge in [-0.1, -0.05) is 20.8 Å². The Labute approximate surface area is 185 Å². The summed E-state index contributed by atoms with van der Waals surface area (Å²) in [5.41, 5.74) is -0.0802. The Morgan fingerprint density at radius 2 is 1.57 bits per heavy atom. The Hall–Kier alpha value is -0.120. The Balaban J connectivity index is 1.45. The second kappa shape index (κ2) is 8.03. The molecule has 4 rings (SSSR count). The number of hydrogen-bond acceptors (Lipinski definition) is 3. The van der Waals surface area contributed by atoms with E-state index in [4.69, 9.17) is 0 Å². The lowest BCUT2D eigenvalue weighted by molar-refractivity contribution is -0.129. The third kappa shape index (κ3) is 3.79. The lowest BCUT2D eigenvalue weighted by Gasteiger charge is -2.61. The van der Waals surface area contributed by atoms with Gasteiger partial charge >= 0.3 is 0 Å². The quantitative estimate of drug-likeness (QED) is 0.546. The second-order valence-corrected chi connectivity index (χ2v) is 13.0. The van der Waals surface area contributed by atoms with Gasteiger partial charge < -0.3 is 15.3 Å². The molecule has 0 saturated heterocycles. The standard InChI is InChI=1S/C27H48O3/c1-17(6-11-24(29)25(2,3)30)21-9-10-22-20-8-7-18-16-19(28)12-14-26(18,4)23(20)13-15-27(21,22)5/h17-24,28-30H,6-16H2,1-5H3. The highest BCUT2D eigenvalue weighted by Gasteiger charge is 2.60. The zero-order chi connectivity index (χ0) is 21.9. The normalized spacial score (nSPS) is 48.4. The Morgan fingerprint density at radius 3 is 2.27 bits per heavy atom. The Bertz CT molecular complexity index is 612. The maximum absolute atomic E-state index is 10.3. The third-order valence-electron chi connectivity index (χ3n) is 11.1. The van der Waals surface area contributed by atoms with Gasteiger partial charge in [-0.15, -0.1) is 0 Å². The monoisotopic (exact) mass is 420 g/mol. The van der Waals surface area contributed by atoms with Crippen LogP contribution in [0.25, 0.3) is 0 Å². The van der Waals surface area contributed by atoms with Crippen molar-refractivity contribution in [2.75, 3.05) is 0 Å². The molecule has 4 aliphatic carbocycles. The molecule has 3 heteroatoms. The van der Waals surface area contributed by atoms with Crippen molar-refractivity contribution in [2.45, 2.75) is 123 Å². The zero-order valence-corrected chi connectivity index (χ0v) is 20.2. The molecule has 0 amide bonds. The smallest absolute Gasteiger partial charge is 0.0849 e. The average Bonchev–Trinajstić information content (AvgIpc) is 3.03. The highest BCUT2D eigenvalue weighted by molar-refractivity contribution is 5.09. The topological polar surface area (TPSA) is 60.7 Å². The van der Waals surface area contributed by atoms with E-state index in [9.17, 15) is 15.3 Å². The molecule has 0 radical (unpaired) electrons. The highest BCUT2D eigenvalue weighted by atomic mass is 16.3. The van der Waals surface area contributed by atoms with E-state index in [1.54, 1.807) is 13.8 Å². The zero-order valence-electron chi connectivity index (χ0n) is 20.2. The van der Waals surface area contributed by atoms with Crippen molar-refractivity contribution in [2.24, 2.45) is 46.3 Å². The molecular formula is C27H48O3. The van der Waals surface area contributed by atoms with Crippen LogP contribution in [0.3, 0.4) is 0 Å². The number of aliphatic hydroxyl groups is 3. The van der Waals surface area contributed by atoms with Crippen LogP contribution in [0.2, 0.25) is 0 Å². The minimum absolute atomic E-state index is 0.0514. The summed E-state index contributed by atoms with van der Waals surface area (Å²) < 4.78 is 0. The molecule has 0 aromatic rings. The van der Waals surface area contributed by atoms with Crippen LogP contribution < -0.4 is 0 Å². The Morgan fingerprint density at radius 1 is 0.900 bits per heavy atom. The maximum Gasteiger partial charge on any atom is 0.0849 e. The van der Waals surface area contributed by atoms with Crippen molar-refractivity contribution in [3.8, 4) is 0 Å². The SMILES string of the molecule is CC(CCC(O)C(C)(C)O)C1CCC2C3CCC4CC(O)CCC4(C)C3CCC12C. The predicted octanol–water partition coefficient (Wildman–Crippen LogP) is 5.55. The molecule has 4 aliphatic rings. The molecule has 10 atom stereocenters. The molecule has 0 heterocycles. The minimum Gasteiger partial charge on any atom is -0.393 e. The van der Waals surface area contributed by atoms with Gasteiger partial charge in [0.25, 0.3) is 0 Å². The average molecular weight is 421 g/mol. The first-order valence-electron chi connectivity index (χ1n) is 13.1. The van der Waals surface area contributed by atoms with Crippen LogP contribution in [0.5, 0.6) is 0 Å². The van der Waals surface area contributed by atoms with Gasteiger partial charge in [-0.25, -0.2) is 0 Å². The van der Waals surface area contributed by atoms with Crippen LogP contribution in [0.4, 0.5) is 0 Å². The van der Waals surface area contributed by atoms with Gasteiger partial charge in [0.1, 0.15) is 0 Å². The highest BCUT2D eigenvalue weighted by Crippen LogP contribution is 2.68. The number of fused-ring (bicyclic) bond motifs is 5. The van der Waals surface area contributed by atoms with Gasteiger partial charge in [-0.05, 0) is 131 Å². The number of aliphatic hydroxyl groups excluding tert-OH is 2. The van der Waals surface area contributed by atoms with Crippen molar-refractivity contribution in [1.82, 2.24) is 0 Å². The van der Waals surface area contributed by atoms with Gasteiger partial charge in [0.15, 0.2) is 0 Å². The van der Waals surface area contributed by atoms with E-state index in [0.717, 1.165) is 48.9 Å². The van der Waals surface area contributed by atoms with Crippen LogP contribution in [0.1, 0.15) is 105 Å². The summed E-state index contributed by atoms with van der Waals surface area (Å²) in [6, 6.07) is 0. The molecule has 0 aromatic heterocycles. The summed E-state index contributed by atoms with van der Waals surface area (Å²) >= 11 is 0. The van der Waals surface area contributed by atoms with Crippen molar-refractivity contribution in [3.63, 3.8) is 0 Å². The van der Waals surface area contributed by atoms with E-state index in [1.165, 1.54) is 44.9 Å². The molecule has 0 aliphatic heterocycles. The van der Waals surface area contributed by atoms with Gasteiger partial charge in [0.2, 0.25) is 0 Å². The fourth-order valence-corrected chi connectivity index (χ4v) is 9.19.